The molecular weight excluding hydrogens is 312 g/mol. The number of nitrogens with zero attached hydrogens (tertiary/aromatic N) is 1. The molecule has 0 radical (unpaired) electrons. The second-order valence-electron chi connectivity index (χ2n) is 6.00. The highest BCUT2D eigenvalue weighted by Crippen LogP contribution is 2.20. The molecule has 128 valence electrons. The van der Waals surface area contributed by atoms with Crippen molar-refractivity contribution in [1.29, 1.82) is 0 Å². The number of hydrogen-bond donors (Lipinski definition) is 1. The molecule has 23 heavy (non-hydrogen) atoms. The lowest BCUT2D eigenvalue weighted by molar-refractivity contribution is -0.125. The molecule has 1 aromatic rings. The predicted molar refractivity (Wildman–Crippen MR) is 91.5 cm³/mol. The molecule has 1 fully saturated rings. The van der Waals surface area contributed by atoms with Crippen molar-refractivity contribution in [2.45, 2.75) is 32.6 Å². The van der Waals surface area contributed by atoms with E-state index in [0.717, 1.165) is 24.8 Å². The number of rotatable bonds is 7. The average molecular weight is 338 g/mol. The Morgan fingerprint density at radius 3 is 2.74 bits per heavy atom. The fourth-order valence-corrected chi connectivity index (χ4v) is 4.54. The van der Waals surface area contributed by atoms with Crippen molar-refractivity contribution in [2.24, 2.45) is 5.92 Å². The highest BCUT2D eigenvalue weighted by atomic mass is 32.2. The molecule has 1 N–H and O–H groups in total. The number of benzene rings is 1. The van der Waals surface area contributed by atoms with Gasteiger partial charge in [-0.05, 0) is 38.2 Å². The first-order chi connectivity index (χ1) is 11.0. The minimum atomic E-state index is -3.28. The summed E-state index contributed by atoms with van der Waals surface area (Å²) in [5.74, 6) is -0.103. The van der Waals surface area contributed by atoms with Crippen molar-refractivity contribution in [1.82, 2.24) is 9.62 Å². The van der Waals surface area contributed by atoms with Gasteiger partial charge in [0.05, 0.1) is 11.7 Å². The molecule has 0 unspecified atom stereocenters. The summed E-state index contributed by atoms with van der Waals surface area (Å²) in [6, 6.07) is 9.91. The lowest BCUT2D eigenvalue weighted by Crippen LogP contribution is -2.46. The lowest BCUT2D eigenvalue weighted by Gasteiger charge is -2.31. The zero-order valence-corrected chi connectivity index (χ0v) is 14.5. The Morgan fingerprint density at radius 2 is 2.04 bits per heavy atom. The largest absolute Gasteiger partial charge is 0.356 e. The van der Waals surface area contributed by atoms with E-state index in [1.54, 1.807) is 0 Å². The summed E-state index contributed by atoms with van der Waals surface area (Å²) in [5, 5.41) is 2.79. The molecule has 1 heterocycles. The average Bonchev–Trinajstić information content (AvgIpc) is 2.56. The van der Waals surface area contributed by atoms with Crippen LogP contribution < -0.4 is 5.32 Å². The summed E-state index contributed by atoms with van der Waals surface area (Å²) < 4.78 is 26.5. The number of sulfonamides is 1. The Hall–Kier alpha value is -1.40. The van der Waals surface area contributed by atoms with Gasteiger partial charge in [-0.3, -0.25) is 4.79 Å². The Morgan fingerprint density at radius 1 is 1.30 bits per heavy atom. The van der Waals surface area contributed by atoms with Crippen LogP contribution in [0.1, 0.15) is 31.7 Å². The molecule has 0 saturated carbocycles. The number of amides is 1. The third kappa shape index (κ3) is 5.32. The van der Waals surface area contributed by atoms with Crippen LogP contribution in [0, 0.1) is 5.92 Å². The van der Waals surface area contributed by atoms with E-state index in [1.165, 1.54) is 4.31 Å². The van der Waals surface area contributed by atoms with Gasteiger partial charge in [-0.15, -0.1) is 0 Å². The number of carbonyl (C=O) groups is 1. The SMILES string of the molecule is CCNC(=O)[C@H]1CCCN(S(=O)(=O)CCCc2ccccc2)C1. The maximum Gasteiger partial charge on any atom is 0.224 e. The Balaban J connectivity index is 1.87. The van der Waals surface area contributed by atoms with Crippen molar-refractivity contribution >= 4 is 15.9 Å². The molecule has 1 aliphatic rings. The van der Waals surface area contributed by atoms with Crippen LogP contribution in [0.4, 0.5) is 0 Å². The summed E-state index contributed by atoms with van der Waals surface area (Å²) in [7, 11) is -3.28. The van der Waals surface area contributed by atoms with Crippen LogP contribution in [0.25, 0.3) is 0 Å². The maximum absolute atomic E-state index is 12.5. The van der Waals surface area contributed by atoms with Crippen molar-refractivity contribution in [3.05, 3.63) is 35.9 Å². The topological polar surface area (TPSA) is 66.5 Å². The van der Waals surface area contributed by atoms with Gasteiger partial charge in [-0.25, -0.2) is 12.7 Å². The third-order valence-corrected chi connectivity index (χ3v) is 6.13. The zero-order valence-electron chi connectivity index (χ0n) is 13.7. The van der Waals surface area contributed by atoms with Crippen LogP contribution >= 0.6 is 0 Å². The van der Waals surface area contributed by atoms with E-state index in [4.69, 9.17) is 0 Å². The van der Waals surface area contributed by atoms with E-state index in [1.807, 2.05) is 37.3 Å². The number of hydrogen-bond acceptors (Lipinski definition) is 3. The summed E-state index contributed by atoms with van der Waals surface area (Å²) in [6.45, 7) is 3.31. The van der Waals surface area contributed by atoms with Gasteiger partial charge >= 0.3 is 0 Å². The second-order valence-corrected chi connectivity index (χ2v) is 8.09. The fourth-order valence-electron chi connectivity index (χ4n) is 2.96. The van der Waals surface area contributed by atoms with Gasteiger partial charge in [0.15, 0.2) is 0 Å². The van der Waals surface area contributed by atoms with Crippen molar-refractivity contribution in [2.75, 3.05) is 25.4 Å². The number of nitrogens with one attached hydrogen (secondary N) is 1. The normalized spacial score (nSPS) is 19.4. The molecule has 1 amide bonds. The highest BCUT2D eigenvalue weighted by molar-refractivity contribution is 7.89. The fraction of sp³-hybridized carbons (Fsp3) is 0.588. The van der Waals surface area contributed by atoms with Gasteiger partial charge in [0.1, 0.15) is 0 Å². The molecule has 0 aliphatic carbocycles. The Kier molecular flexibility index (Phi) is 6.59. The summed E-state index contributed by atoms with van der Waals surface area (Å²) >= 11 is 0. The number of carbonyl (C=O) groups excluding carboxylic acids is 1. The first-order valence-corrected chi connectivity index (χ1v) is 9.93. The van der Waals surface area contributed by atoms with Gasteiger partial charge in [0.25, 0.3) is 0 Å². The summed E-state index contributed by atoms with van der Waals surface area (Å²) in [6.07, 6.45) is 2.88. The van der Waals surface area contributed by atoms with Crippen LogP contribution in [0.5, 0.6) is 0 Å². The zero-order chi connectivity index (χ0) is 16.7. The molecule has 0 spiro atoms. The molecule has 1 atom stereocenters. The molecule has 1 saturated heterocycles. The van der Waals surface area contributed by atoms with E-state index in [2.05, 4.69) is 5.32 Å². The Bertz CT molecular complexity index is 602. The second kappa shape index (κ2) is 8.45. The van der Waals surface area contributed by atoms with Crippen LogP contribution in [0.2, 0.25) is 0 Å². The number of piperidine rings is 1. The summed E-state index contributed by atoms with van der Waals surface area (Å²) in [5.41, 5.74) is 1.15. The first kappa shape index (κ1) is 17.9. The van der Waals surface area contributed by atoms with Crippen LogP contribution in [0.3, 0.4) is 0 Å². The van der Waals surface area contributed by atoms with Gasteiger partial charge < -0.3 is 5.32 Å². The minimum Gasteiger partial charge on any atom is -0.356 e. The Labute approximate surface area is 139 Å². The van der Waals surface area contributed by atoms with Crippen molar-refractivity contribution in [3.63, 3.8) is 0 Å². The quantitative estimate of drug-likeness (QED) is 0.824. The third-order valence-electron chi connectivity index (χ3n) is 4.21. The molecule has 1 aliphatic heterocycles. The molecule has 5 nitrogen and oxygen atoms in total. The monoisotopic (exact) mass is 338 g/mol. The van der Waals surface area contributed by atoms with Gasteiger partial charge in [0, 0.05) is 19.6 Å². The first-order valence-electron chi connectivity index (χ1n) is 8.32. The van der Waals surface area contributed by atoms with E-state index >= 15 is 0 Å². The van der Waals surface area contributed by atoms with E-state index in [-0.39, 0.29) is 17.6 Å². The molecule has 0 aromatic heterocycles. The molecule has 1 aromatic carbocycles. The lowest BCUT2D eigenvalue weighted by atomic mass is 9.99. The predicted octanol–water partition coefficient (Wildman–Crippen LogP) is 1.80. The standard InChI is InChI=1S/C17H26N2O3S/c1-2-18-17(20)16-11-6-12-19(14-16)23(21,22)13-7-10-15-8-4-3-5-9-15/h3-5,8-9,16H,2,6-7,10-14H2,1H3,(H,18,20)/t16-/m0/s1. The molecule has 6 heteroatoms. The van der Waals surface area contributed by atoms with Crippen LogP contribution in [0.15, 0.2) is 30.3 Å². The van der Waals surface area contributed by atoms with Crippen LogP contribution in [-0.2, 0) is 21.2 Å². The molecular formula is C17H26N2O3S. The van der Waals surface area contributed by atoms with E-state index in [9.17, 15) is 13.2 Å². The van der Waals surface area contributed by atoms with E-state index in [0.29, 0.717) is 26.1 Å². The smallest absolute Gasteiger partial charge is 0.224 e. The van der Waals surface area contributed by atoms with Crippen LogP contribution in [-0.4, -0.2) is 44.0 Å². The van der Waals surface area contributed by atoms with Gasteiger partial charge in [-0.1, -0.05) is 30.3 Å². The van der Waals surface area contributed by atoms with Crippen molar-refractivity contribution in [3.8, 4) is 0 Å². The minimum absolute atomic E-state index is 0.0308. The van der Waals surface area contributed by atoms with E-state index < -0.39 is 10.0 Å². The maximum atomic E-state index is 12.5. The van der Waals surface area contributed by atoms with Gasteiger partial charge in [0.2, 0.25) is 15.9 Å². The highest BCUT2D eigenvalue weighted by Gasteiger charge is 2.31. The van der Waals surface area contributed by atoms with Gasteiger partial charge in [-0.2, -0.15) is 0 Å². The summed E-state index contributed by atoms with van der Waals surface area (Å²) in [4.78, 5) is 11.9. The van der Waals surface area contributed by atoms with Crippen molar-refractivity contribution < 1.29 is 13.2 Å². The molecule has 2 rings (SSSR count). The number of aryl methyl sites for hydroxylation is 1. The molecule has 0 bridgehead atoms.